The summed E-state index contributed by atoms with van der Waals surface area (Å²) in [6, 6.07) is 23.1. The molecule has 7 rings (SSSR count). The van der Waals surface area contributed by atoms with Crippen LogP contribution in [-0.2, 0) is 0 Å². The minimum absolute atomic E-state index is 0.265. The maximum absolute atomic E-state index is 2.58. The van der Waals surface area contributed by atoms with Crippen LogP contribution < -0.4 is 0 Å². The third-order valence-electron chi connectivity index (χ3n) is 5.09. The van der Waals surface area contributed by atoms with E-state index in [-0.39, 0.29) is 40.9 Å². The molecule has 0 unspecified atom stereocenters. The summed E-state index contributed by atoms with van der Waals surface area (Å²) in [5.74, 6) is 0. The summed E-state index contributed by atoms with van der Waals surface area (Å²) in [7, 11) is 0. The van der Waals surface area contributed by atoms with Crippen LogP contribution in [-0.4, -0.2) is 40.9 Å². The zero-order chi connectivity index (χ0) is 16.8. The molecule has 0 aliphatic heterocycles. The Morgan fingerprint density at radius 1 is 0.538 bits per heavy atom. The van der Waals surface area contributed by atoms with Crippen LogP contribution in [0.2, 0.25) is 0 Å². The van der Waals surface area contributed by atoms with E-state index in [0.717, 1.165) is 0 Å². The van der Waals surface area contributed by atoms with Gasteiger partial charge in [0.1, 0.15) is 0 Å². The average molecular weight is 594 g/mol. The summed E-state index contributed by atoms with van der Waals surface area (Å²) in [5.41, 5.74) is 0. The Balaban J connectivity index is 1.67. The normalized spacial score (nSPS) is 12.6. The first-order chi connectivity index (χ1) is 12.9. The number of rotatable bonds is 0. The number of thiophene rings is 2. The molecule has 0 atom stereocenters. The van der Waals surface area contributed by atoms with Gasteiger partial charge >= 0.3 is 178 Å². The van der Waals surface area contributed by atoms with Gasteiger partial charge in [0.2, 0.25) is 0 Å². The van der Waals surface area contributed by atoms with Gasteiger partial charge in [-0.2, -0.15) is 0 Å². The monoisotopic (exact) mass is 598 g/mol. The molecule has 122 valence electrons. The maximum atomic E-state index is 2.58. The third-order valence-corrected chi connectivity index (χ3v) is 15.1. The zero-order valence-corrected chi connectivity index (χ0v) is 19.7. The molecule has 0 fully saturated rings. The van der Waals surface area contributed by atoms with E-state index in [1.54, 1.807) is 33.8 Å². The number of fused-ring (bicyclic) bond motifs is 10. The van der Waals surface area contributed by atoms with Crippen molar-refractivity contribution in [3.8, 4) is 0 Å². The van der Waals surface area contributed by atoms with Crippen molar-refractivity contribution in [1.82, 2.24) is 0 Å². The summed E-state index contributed by atoms with van der Waals surface area (Å²) in [6.45, 7) is 0. The Bertz CT molecular complexity index is 1510. The van der Waals surface area contributed by atoms with E-state index in [9.17, 15) is 0 Å². The van der Waals surface area contributed by atoms with E-state index in [1.165, 1.54) is 20.2 Å². The van der Waals surface area contributed by atoms with Crippen molar-refractivity contribution < 1.29 is 0 Å². The van der Waals surface area contributed by atoms with Crippen molar-refractivity contribution in [2.24, 2.45) is 0 Å². The van der Waals surface area contributed by atoms with Crippen LogP contribution in [0.4, 0.5) is 0 Å². The Morgan fingerprint density at radius 2 is 1.00 bits per heavy atom. The molecule has 26 heavy (non-hydrogen) atoms. The van der Waals surface area contributed by atoms with Crippen LogP contribution in [0.15, 0.2) is 60.7 Å². The Hall–Kier alpha value is -0.841. The van der Waals surface area contributed by atoms with Crippen LogP contribution >= 0.6 is 22.7 Å². The molecule has 4 heteroatoms. The second-order valence-corrected chi connectivity index (χ2v) is 14.7. The fourth-order valence-electron chi connectivity index (χ4n) is 3.90. The van der Waals surface area contributed by atoms with Gasteiger partial charge in [-0.05, 0) is 0 Å². The topological polar surface area (TPSA) is 0 Å². The SMILES string of the molecule is c1ccc2c(c1)sc1c3cc4[te]c5c6ccccc6sc5c4cc3[te]c21. The molecule has 7 aromatic rings. The molecule has 0 aliphatic carbocycles. The summed E-state index contributed by atoms with van der Waals surface area (Å²) in [6.07, 6.45) is 0. The van der Waals surface area contributed by atoms with Gasteiger partial charge in [0.05, 0.1) is 0 Å². The van der Waals surface area contributed by atoms with Gasteiger partial charge in [-0.1, -0.05) is 0 Å². The zero-order valence-electron chi connectivity index (χ0n) is 13.4. The molecule has 0 saturated heterocycles. The van der Waals surface area contributed by atoms with E-state index in [2.05, 4.69) is 60.7 Å². The summed E-state index contributed by atoms with van der Waals surface area (Å²) < 4.78 is 12.8. The van der Waals surface area contributed by atoms with Crippen LogP contribution in [0.25, 0.3) is 54.0 Å². The van der Waals surface area contributed by atoms with Crippen LogP contribution in [0, 0.1) is 0 Å². The predicted octanol–water partition coefficient (Wildman–Crippen LogP) is 6.84. The fourth-order valence-corrected chi connectivity index (χ4v) is 14.9. The molecule has 3 aromatic carbocycles. The standard InChI is InChI=1S/C22H10S2Te2/c1-3-7-15-11(5-1)21-19(23-15)13-9-18-14(10-17(13)25-21)20-22(26-18)12-6-2-4-8-16(12)24-20/h1-10H. The van der Waals surface area contributed by atoms with E-state index >= 15 is 0 Å². The minimum atomic E-state index is -0.265. The molecule has 4 heterocycles. The number of hydrogen-bond donors (Lipinski definition) is 0. The van der Waals surface area contributed by atoms with Gasteiger partial charge in [-0.25, -0.2) is 0 Å². The molecular formula is C22H10S2Te2. The molecule has 0 aliphatic rings. The van der Waals surface area contributed by atoms with Crippen LogP contribution in [0.3, 0.4) is 0 Å². The van der Waals surface area contributed by atoms with Gasteiger partial charge in [0.25, 0.3) is 0 Å². The second kappa shape index (κ2) is 5.36. The van der Waals surface area contributed by atoms with Gasteiger partial charge in [-0.15, -0.1) is 0 Å². The van der Waals surface area contributed by atoms with Gasteiger partial charge in [-0.3, -0.25) is 0 Å². The summed E-state index contributed by atoms with van der Waals surface area (Å²) >= 11 is 3.50. The van der Waals surface area contributed by atoms with Crippen molar-refractivity contribution in [2.75, 3.05) is 0 Å². The van der Waals surface area contributed by atoms with Crippen molar-refractivity contribution in [2.45, 2.75) is 0 Å². The average Bonchev–Trinajstić information content (AvgIpc) is 3.38. The fraction of sp³-hybridized carbons (Fsp3) is 0. The molecule has 0 nitrogen and oxygen atoms in total. The number of benzene rings is 3. The molecule has 0 radical (unpaired) electrons. The summed E-state index contributed by atoms with van der Waals surface area (Å²) in [4.78, 5) is 0. The van der Waals surface area contributed by atoms with Gasteiger partial charge < -0.3 is 0 Å². The molecule has 0 spiro atoms. The Labute approximate surface area is 176 Å². The first-order valence-corrected chi connectivity index (χ1v) is 14.7. The van der Waals surface area contributed by atoms with Crippen molar-refractivity contribution >= 4 is 117 Å². The number of hydrogen-bond acceptors (Lipinski definition) is 2. The molecule has 4 aromatic heterocycles. The van der Waals surface area contributed by atoms with Crippen molar-refractivity contribution in [3.05, 3.63) is 60.7 Å². The van der Waals surface area contributed by atoms with E-state index in [1.807, 2.05) is 22.7 Å². The van der Waals surface area contributed by atoms with Crippen LogP contribution in [0.5, 0.6) is 0 Å². The quantitative estimate of drug-likeness (QED) is 0.169. The molecule has 0 amide bonds. The van der Waals surface area contributed by atoms with E-state index < -0.39 is 0 Å². The van der Waals surface area contributed by atoms with E-state index in [4.69, 9.17) is 0 Å². The molecule has 0 saturated carbocycles. The van der Waals surface area contributed by atoms with Crippen LogP contribution in [0.1, 0.15) is 0 Å². The second-order valence-electron chi connectivity index (χ2n) is 6.56. The Morgan fingerprint density at radius 3 is 1.50 bits per heavy atom. The summed E-state index contributed by atoms with van der Waals surface area (Å²) in [5, 5.41) is 6.19. The molecule has 0 bridgehead atoms. The Kier molecular flexibility index (Phi) is 3.12. The third kappa shape index (κ3) is 1.91. The predicted molar refractivity (Wildman–Crippen MR) is 121 cm³/mol. The van der Waals surface area contributed by atoms with Gasteiger partial charge in [0, 0.05) is 0 Å². The first kappa shape index (κ1) is 15.1. The van der Waals surface area contributed by atoms with E-state index in [0.29, 0.717) is 0 Å². The molecular weight excluding hydrogens is 584 g/mol. The van der Waals surface area contributed by atoms with Crippen molar-refractivity contribution in [3.63, 3.8) is 0 Å². The first-order valence-electron chi connectivity index (χ1n) is 8.44. The molecule has 0 N–H and O–H groups in total. The van der Waals surface area contributed by atoms with Gasteiger partial charge in [0.15, 0.2) is 0 Å². The van der Waals surface area contributed by atoms with Crippen molar-refractivity contribution in [1.29, 1.82) is 0 Å².